The first-order valence-electron chi connectivity index (χ1n) is 6.16. The molecule has 1 atom stereocenters. The lowest BCUT2D eigenvalue weighted by Crippen LogP contribution is -2.27. The first kappa shape index (κ1) is 14.3. The van der Waals surface area contributed by atoms with E-state index in [2.05, 4.69) is 11.4 Å². The van der Waals surface area contributed by atoms with Crippen LogP contribution in [0.4, 0.5) is 5.00 Å². The van der Waals surface area contributed by atoms with Crippen LogP contribution >= 0.6 is 11.3 Å². The molecule has 0 spiro atoms. The molecule has 4 nitrogen and oxygen atoms in total. The SMILES string of the molecule is Cc1sc(NC(=O)[C@H](N)c2ccccc2)c(C#N)c1C. The Labute approximate surface area is 121 Å². The third-order valence-corrected chi connectivity index (χ3v) is 4.30. The predicted molar refractivity (Wildman–Crippen MR) is 80.5 cm³/mol. The molecule has 20 heavy (non-hydrogen) atoms. The van der Waals surface area contributed by atoms with Gasteiger partial charge in [0.25, 0.3) is 0 Å². The van der Waals surface area contributed by atoms with Crippen LogP contribution in [0.15, 0.2) is 30.3 Å². The number of thiophene rings is 1. The molecule has 0 aliphatic carbocycles. The van der Waals surface area contributed by atoms with E-state index >= 15 is 0 Å². The first-order chi connectivity index (χ1) is 9.54. The molecule has 0 bridgehead atoms. The van der Waals surface area contributed by atoms with Crippen LogP contribution in [-0.2, 0) is 4.79 Å². The van der Waals surface area contributed by atoms with Crippen molar-refractivity contribution in [2.45, 2.75) is 19.9 Å². The fourth-order valence-electron chi connectivity index (χ4n) is 1.85. The highest BCUT2D eigenvalue weighted by atomic mass is 32.1. The van der Waals surface area contributed by atoms with Gasteiger partial charge in [0.2, 0.25) is 5.91 Å². The summed E-state index contributed by atoms with van der Waals surface area (Å²) in [5, 5.41) is 12.5. The quantitative estimate of drug-likeness (QED) is 0.910. The average molecular weight is 285 g/mol. The number of anilines is 1. The molecule has 0 saturated heterocycles. The summed E-state index contributed by atoms with van der Waals surface area (Å²) < 4.78 is 0. The monoisotopic (exact) mass is 285 g/mol. The van der Waals surface area contributed by atoms with Gasteiger partial charge in [0, 0.05) is 4.88 Å². The van der Waals surface area contributed by atoms with Crippen molar-refractivity contribution >= 4 is 22.2 Å². The van der Waals surface area contributed by atoms with Crippen molar-refractivity contribution in [2.75, 3.05) is 5.32 Å². The van der Waals surface area contributed by atoms with Crippen molar-refractivity contribution in [3.8, 4) is 6.07 Å². The van der Waals surface area contributed by atoms with Crippen LogP contribution in [0, 0.1) is 25.2 Å². The van der Waals surface area contributed by atoms with E-state index in [9.17, 15) is 4.79 Å². The standard InChI is InChI=1S/C15H15N3OS/c1-9-10(2)20-15(12(9)8-16)18-14(19)13(17)11-6-4-3-5-7-11/h3-7,13H,17H2,1-2H3,(H,18,19)/t13-/m1/s1. The molecular weight excluding hydrogens is 270 g/mol. The van der Waals surface area contributed by atoms with E-state index in [4.69, 9.17) is 11.0 Å². The number of benzene rings is 1. The second-order valence-corrected chi connectivity index (χ2v) is 5.70. The Hall–Kier alpha value is -2.16. The molecule has 102 valence electrons. The predicted octanol–water partition coefficient (Wildman–Crippen LogP) is 2.88. The minimum Gasteiger partial charge on any atom is -0.316 e. The summed E-state index contributed by atoms with van der Waals surface area (Å²) in [6, 6.07) is 10.5. The third-order valence-electron chi connectivity index (χ3n) is 3.18. The van der Waals surface area contributed by atoms with Crippen molar-refractivity contribution in [3.63, 3.8) is 0 Å². The van der Waals surface area contributed by atoms with Crippen LogP contribution in [0.25, 0.3) is 0 Å². The van der Waals surface area contributed by atoms with Gasteiger partial charge in [0.1, 0.15) is 17.1 Å². The summed E-state index contributed by atoms with van der Waals surface area (Å²) in [6.07, 6.45) is 0. The summed E-state index contributed by atoms with van der Waals surface area (Å²) in [6.45, 7) is 3.80. The fraction of sp³-hybridized carbons (Fsp3) is 0.200. The Balaban J connectivity index is 2.21. The van der Waals surface area contributed by atoms with Crippen molar-refractivity contribution in [2.24, 2.45) is 5.73 Å². The highest BCUT2D eigenvalue weighted by Crippen LogP contribution is 2.32. The lowest BCUT2D eigenvalue weighted by Gasteiger charge is -2.11. The average Bonchev–Trinajstić information content (AvgIpc) is 2.73. The third kappa shape index (κ3) is 2.72. The Morgan fingerprint density at radius 3 is 2.60 bits per heavy atom. The molecule has 0 unspecified atom stereocenters. The number of nitrogens with two attached hydrogens (primary N) is 1. The number of nitrogens with one attached hydrogen (secondary N) is 1. The van der Waals surface area contributed by atoms with Crippen LogP contribution in [-0.4, -0.2) is 5.91 Å². The topological polar surface area (TPSA) is 78.9 Å². The molecule has 1 aromatic heterocycles. The number of aryl methyl sites for hydroxylation is 1. The summed E-state index contributed by atoms with van der Waals surface area (Å²) in [4.78, 5) is 13.2. The lowest BCUT2D eigenvalue weighted by molar-refractivity contribution is -0.117. The van der Waals surface area contributed by atoms with Crippen LogP contribution in [0.5, 0.6) is 0 Å². The van der Waals surface area contributed by atoms with Gasteiger partial charge in [-0.3, -0.25) is 4.79 Å². The molecule has 0 fully saturated rings. The zero-order valence-electron chi connectivity index (χ0n) is 11.3. The second-order valence-electron chi connectivity index (χ2n) is 4.48. The van der Waals surface area contributed by atoms with E-state index in [0.29, 0.717) is 10.6 Å². The number of rotatable bonds is 3. The molecule has 5 heteroatoms. The summed E-state index contributed by atoms with van der Waals surface area (Å²) in [5.74, 6) is -0.311. The summed E-state index contributed by atoms with van der Waals surface area (Å²) >= 11 is 1.40. The number of amides is 1. The van der Waals surface area contributed by atoms with Gasteiger partial charge in [-0.15, -0.1) is 11.3 Å². The molecular formula is C15H15N3OS. The van der Waals surface area contributed by atoms with Crippen LogP contribution in [0.1, 0.15) is 27.6 Å². The first-order valence-corrected chi connectivity index (χ1v) is 6.97. The summed E-state index contributed by atoms with van der Waals surface area (Å²) in [5.41, 5.74) is 8.10. The second kappa shape index (κ2) is 5.87. The van der Waals surface area contributed by atoms with E-state index in [-0.39, 0.29) is 5.91 Å². The maximum Gasteiger partial charge on any atom is 0.246 e. The van der Waals surface area contributed by atoms with Gasteiger partial charge in [-0.1, -0.05) is 30.3 Å². The number of carbonyl (C=O) groups excluding carboxylic acids is 1. The van der Waals surface area contributed by atoms with Gasteiger partial charge in [-0.25, -0.2) is 0 Å². The van der Waals surface area contributed by atoms with E-state index in [1.54, 1.807) is 12.1 Å². The molecule has 0 aliphatic rings. The Morgan fingerprint density at radius 2 is 2.00 bits per heavy atom. The normalized spacial score (nSPS) is 11.7. The Kier molecular flexibility index (Phi) is 4.18. The maximum atomic E-state index is 12.2. The zero-order valence-corrected chi connectivity index (χ0v) is 12.1. The number of nitrogens with zero attached hydrogens (tertiary/aromatic N) is 1. The molecule has 1 amide bonds. The van der Waals surface area contributed by atoms with Gasteiger partial charge in [-0.2, -0.15) is 5.26 Å². The van der Waals surface area contributed by atoms with E-state index in [1.165, 1.54) is 11.3 Å². The largest absolute Gasteiger partial charge is 0.316 e. The van der Waals surface area contributed by atoms with Gasteiger partial charge in [0.15, 0.2) is 0 Å². The number of hydrogen-bond donors (Lipinski definition) is 2. The van der Waals surface area contributed by atoms with Gasteiger partial charge >= 0.3 is 0 Å². The molecule has 1 aromatic carbocycles. The summed E-state index contributed by atoms with van der Waals surface area (Å²) in [7, 11) is 0. The van der Waals surface area contributed by atoms with Crippen molar-refractivity contribution in [1.82, 2.24) is 0 Å². The molecule has 0 saturated carbocycles. The highest BCUT2D eigenvalue weighted by Gasteiger charge is 2.19. The van der Waals surface area contributed by atoms with E-state index in [1.807, 2.05) is 32.0 Å². The molecule has 0 radical (unpaired) electrons. The number of carbonyl (C=O) groups is 1. The maximum absolute atomic E-state index is 12.2. The van der Waals surface area contributed by atoms with Crippen molar-refractivity contribution in [1.29, 1.82) is 5.26 Å². The van der Waals surface area contributed by atoms with Crippen molar-refractivity contribution in [3.05, 3.63) is 51.9 Å². The lowest BCUT2D eigenvalue weighted by atomic mass is 10.1. The highest BCUT2D eigenvalue weighted by molar-refractivity contribution is 7.16. The molecule has 0 aliphatic heterocycles. The van der Waals surface area contributed by atoms with E-state index < -0.39 is 6.04 Å². The molecule has 2 aromatic rings. The number of hydrogen-bond acceptors (Lipinski definition) is 4. The van der Waals surface area contributed by atoms with Crippen molar-refractivity contribution < 1.29 is 4.79 Å². The Morgan fingerprint density at radius 1 is 1.35 bits per heavy atom. The Bertz CT molecular complexity index is 670. The molecule has 3 N–H and O–H groups in total. The van der Waals surface area contributed by atoms with Gasteiger partial charge < -0.3 is 11.1 Å². The molecule has 1 heterocycles. The minimum atomic E-state index is -0.745. The fourth-order valence-corrected chi connectivity index (χ4v) is 2.86. The van der Waals surface area contributed by atoms with Gasteiger partial charge in [-0.05, 0) is 25.0 Å². The minimum absolute atomic E-state index is 0.311. The smallest absolute Gasteiger partial charge is 0.246 e. The van der Waals surface area contributed by atoms with Crippen LogP contribution in [0.3, 0.4) is 0 Å². The van der Waals surface area contributed by atoms with Gasteiger partial charge in [0.05, 0.1) is 5.56 Å². The van der Waals surface area contributed by atoms with E-state index in [0.717, 1.165) is 16.0 Å². The number of nitriles is 1. The molecule has 2 rings (SSSR count). The van der Waals surface area contributed by atoms with Crippen LogP contribution < -0.4 is 11.1 Å². The zero-order chi connectivity index (χ0) is 14.7. The van der Waals surface area contributed by atoms with Crippen LogP contribution in [0.2, 0.25) is 0 Å².